The molecular weight excluding hydrogens is 627 g/mol. The molecule has 13 heteroatoms. The van der Waals surface area contributed by atoms with Gasteiger partial charge in [-0.15, -0.1) is 0 Å². The van der Waals surface area contributed by atoms with E-state index in [2.05, 4.69) is 6.58 Å². The van der Waals surface area contributed by atoms with Crippen molar-refractivity contribution in [1.82, 2.24) is 4.90 Å². The van der Waals surface area contributed by atoms with Gasteiger partial charge in [0, 0.05) is 16.7 Å². The van der Waals surface area contributed by atoms with Crippen LogP contribution >= 0.6 is 11.8 Å². The third-order valence-corrected chi connectivity index (χ3v) is 13.9. The van der Waals surface area contributed by atoms with Gasteiger partial charge in [-0.2, -0.15) is 0 Å². The van der Waals surface area contributed by atoms with Crippen LogP contribution in [0.4, 0.5) is 5.69 Å². The van der Waals surface area contributed by atoms with Crippen LogP contribution in [0.3, 0.4) is 0 Å². The fraction of sp³-hybridized carbons (Fsp3) is 0.485. The Morgan fingerprint density at radius 1 is 1.11 bits per heavy atom. The number of carbonyl (C=O) groups is 3. The zero-order valence-corrected chi connectivity index (χ0v) is 27.9. The van der Waals surface area contributed by atoms with Crippen LogP contribution in [0.25, 0.3) is 10.8 Å². The predicted molar refractivity (Wildman–Crippen MR) is 176 cm³/mol. The van der Waals surface area contributed by atoms with Crippen molar-refractivity contribution < 1.29 is 36.5 Å². The Kier molecular flexibility index (Phi) is 7.54. The summed E-state index contributed by atoms with van der Waals surface area (Å²) in [6.07, 6.45) is 2.27. The molecule has 6 heterocycles. The van der Waals surface area contributed by atoms with Crippen molar-refractivity contribution in [3.63, 3.8) is 0 Å². The number of nitrogens with zero attached hydrogens (tertiary/aromatic N) is 4. The molecule has 4 fully saturated rings. The lowest BCUT2D eigenvalue weighted by molar-refractivity contribution is -1.08. The maximum absolute atomic E-state index is 14.1. The number of piperazine rings is 3. The van der Waals surface area contributed by atoms with E-state index < -0.39 is 16.0 Å². The molecule has 8 rings (SSSR count). The number of hydrogen-bond acceptors (Lipinski definition) is 7. The quantitative estimate of drug-likeness (QED) is 0.169. The van der Waals surface area contributed by atoms with E-state index in [9.17, 15) is 22.8 Å². The first-order valence-electron chi connectivity index (χ1n) is 16.0. The third kappa shape index (κ3) is 4.77. The maximum atomic E-state index is 14.1. The van der Waals surface area contributed by atoms with Gasteiger partial charge in [0.15, 0.2) is 6.54 Å². The highest BCUT2D eigenvalue weighted by atomic mass is 32.2. The molecule has 2 aromatic rings. The fourth-order valence-corrected chi connectivity index (χ4v) is 11.6. The number of esters is 1. The van der Waals surface area contributed by atoms with Gasteiger partial charge in [-0.3, -0.25) is 18.8 Å². The minimum atomic E-state index is -3.92. The minimum absolute atomic E-state index is 0.0104. The predicted octanol–water partition coefficient (Wildman–Crippen LogP) is 2.17. The Morgan fingerprint density at radius 3 is 2.46 bits per heavy atom. The molecule has 2 bridgehead atoms. The number of quaternary nitrogens is 2. The molecule has 0 radical (unpaired) electrons. The Balaban J connectivity index is 1.17. The number of thioether (sulfide) groups is 1. The molecule has 2 N–H and O–H groups in total. The van der Waals surface area contributed by atoms with Crippen molar-refractivity contribution >= 4 is 56.0 Å². The van der Waals surface area contributed by atoms with Gasteiger partial charge in [0.1, 0.15) is 51.6 Å². The summed E-state index contributed by atoms with van der Waals surface area (Å²) in [6.45, 7) is 14.8. The second-order valence-electron chi connectivity index (χ2n) is 13.7. The van der Waals surface area contributed by atoms with Crippen molar-refractivity contribution in [3.05, 3.63) is 59.2 Å². The molecule has 0 saturated carbocycles. The second-order valence-corrected chi connectivity index (χ2v) is 16.7. The molecule has 2 aromatic carbocycles. The van der Waals surface area contributed by atoms with Crippen LogP contribution in [-0.2, 0) is 35.6 Å². The molecule has 46 heavy (non-hydrogen) atoms. The average Bonchev–Trinajstić information content (AvgIpc) is 3.45. The number of anilines is 1. The van der Waals surface area contributed by atoms with E-state index in [1.165, 1.54) is 27.0 Å². The summed E-state index contributed by atoms with van der Waals surface area (Å²) < 4.78 is 36.7. The number of primary amides is 1. The molecule has 244 valence electrons. The molecule has 6 aliphatic heterocycles. The van der Waals surface area contributed by atoms with Crippen molar-refractivity contribution in [3.8, 4) is 0 Å². The lowest BCUT2D eigenvalue weighted by Gasteiger charge is -2.55. The van der Waals surface area contributed by atoms with E-state index in [1.54, 1.807) is 6.07 Å². The number of nitrogens with two attached hydrogens (primary N) is 1. The van der Waals surface area contributed by atoms with Gasteiger partial charge in [-0.05, 0) is 29.0 Å². The second kappa shape index (κ2) is 11.1. The van der Waals surface area contributed by atoms with E-state index in [4.69, 9.17) is 10.5 Å². The van der Waals surface area contributed by atoms with Crippen LogP contribution in [0, 0.1) is 11.8 Å². The van der Waals surface area contributed by atoms with Crippen molar-refractivity contribution in [1.29, 1.82) is 0 Å². The van der Waals surface area contributed by atoms with E-state index in [0.717, 1.165) is 72.1 Å². The number of ether oxygens (including phenoxy) is 1. The van der Waals surface area contributed by atoms with E-state index in [0.29, 0.717) is 22.5 Å². The van der Waals surface area contributed by atoms with Gasteiger partial charge in [0.2, 0.25) is 5.91 Å². The minimum Gasteiger partial charge on any atom is -0.457 e. The Hall–Kier alpha value is -3.39. The van der Waals surface area contributed by atoms with Crippen LogP contribution in [0.15, 0.2) is 58.5 Å². The first kappa shape index (κ1) is 31.2. The molecule has 6 aliphatic rings. The fourth-order valence-electron chi connectivity index (χ4n) is 8.14. The van der Waals surface area contributed by atoms with Crippen molar-refractivity contribution in [2.75, 3.05) is 69.8 Å². The monoisotopic (exact) mass is 667 g/mol. The standard InChI is InChI=1S/C33H40N5O6S2/c1-4-18-44-33(41)30-25(45-32-28(21(2)3)31(40)36(30)32)19-35-24-7-5-6-23-22(8-9-26(29(23)24)46(35,42)43)10-11-37-12-15-38(16-13-37,17-14-37)20-27(34)39/h4-9,21,28,32H,1,10-20H2,2-3H3,(H-,34,39)/q+1/p+1. The van der Waals surface area contributed by atoms with Crippen LogP contribution in [0.1, 0.15) is 19.4 Å². The number of amides is 2. The van der Waals surface area contributed by atoms with E-state index in [-0.39, 0.29) is 52.8 Å². The van der Waals surface area contributed by atoms with Crippen LogP contribution in [-0.4, -0.2) is 111 Å². The van der Waals surface area contributed by atoms with Crippen molar-refractivity contribution in [2.24, 2.45) is 17.6 Å². The number of benzene rings is 2. The highest BCUT2D eigenvalue weighted by Gasteiger charge is 2.57. The van der Waals surface area contributed by atoms with Gasteiger partial charge in [0.05, 0.1) is 35.0 Å². The van der Waals surface area contributed by atoms with Gasteiger partial charge in [0.25, 0.3) is 15.9 Å². The lowest BCUT2D eigenvalue weighted by atomic mass is 9.86. The first-order chi connectivity index (χ1) is 21.9. The molecule has 0 spiro atoms. The molecule has 2 amide bonds. The summed E-state index contributed by atoms with van der Waals surface area (Å²) in [5, 5.41) is 1.36. The summed E-state index contributed by atoms with van der Waals surface area (Å²) in [4.78, 5) is 40.3. The molecule has 2 atom stereocenters. The molecule has 0 aromatic heterocycles. The summed E-state index contributed by atoms with van der Waals surface area (Å²) in [7, 11) is -3.92. The van der Waals surface area contributed by atoms with E-state index in [1.807, 2.05) is 38.1 Å². The Morgan fingerprint density at radius 2 is 1.80 bits per heavy atom. The Bertz CT molecular complexity index is 1800. The van der Waals surface area contributed by atoms with Crippen LogP contribution < -0.4 is 10.0 Å². The van der Waals surface area contributed by atoms with Gasteiger partial charge in [-0.25, -0.2) is 13.2 Å². The smallest absolute Gasteiger partial charge is 0.356 e. The SMILES string of the molecule is C=CCOC(=O)C1=C(CN2c3cccc4c(CC[N+]56CC[N+](CC(N)=O)(CC5)CC6)ccc(c34)S2(=O)=O)SC2C(C(C)C)C(=O)N12. The summed E-state index contributed by atoms with van der Waals surface area (Å²) in [5.41, 5.74) is 7.37. The van der Waals surface area contributed by atoms with Crippen LogP contribution in [0.5, 0.6) is 0 Å². The topological polar surface area (TPSA) is 127 Å². The number of sulfonamides is 1. The summed E-state index contributed by atoms with van der Waals surface area (Å²) in [5.74, 6) is -1.20. The number of carbonyl (C=O) groups excluding carboxylic acids is 3. The molecular formula is C33H41N5O6S2+2. The Labute approximate surface area is 273 Å². The largest absolute Gasteiger partial charge is 0.457 e. The number of rotatable bonds is 11. The molecule has 0 aliphatic carbocycles. The number of fused-ring (bicyclic) bond motifs is 4. The number of β-lactam (4-membered cyclic amide) rings is 1. The number of hydrogen-bond donors (Lipinski definition) is 1. The van der Waals surface area contributed by atoms with Gasteiger partial charge in [-0.1, -0.05) is 56.5 Å². The van der Waals surface area contributed by atoms with Gasteiger partial charge < -0.3 is 19.4 Å². The third-order valence-electron chi connectivity index (χ3n) is 10.8. The zero-order chi connectivity index (χ0) is 32.6. The highest BCUT2D eigenvalue weighted by Crippen LogP contribution is 2.53. The van der Waals surface area contributed by atoms with Crippen LogP contribution in [0.2, 0.25) is 0 Å². The summed E-state index contributed by atoms with van der Waals surface area (Å²) in [6, 6.07) is 9.38. The zero-order valence-electron chi connectivity index (χ0n) is 26.3. The van der Waals surface area contributed by atoms with Crippen molar-refractivity contribution in [2.45, 2.75) is 30.5 Å². The molecule has 2 unspecified atom stereocenters. The highest BCUT2D eigenvalue weighted by molar-refractivity contribution is 8.04. The molecule has 4 saturated heterocycles. The van der Waals surface area contributed by atoms with E-state index >= 15 is 0 Å². The lowest BCUT2D eigenvalue weighted by Crippen LogP contribution is -2.76. The normalized spacial score (nSPS) is 29.0. The maximum Gasteiger partial charge on any atom is 0.356 e. The molecule has 11 nitrogen and oxygen atoms in total. The van der Waals surface area contributed by atoms with Gasteiger partial charge >= 0.3 is 5.97 Å². The average molecular weight is 668 g/mol. The first-order valence-corrected chi connectivity index (χ1v) is 18.3. The summed E-state index contributed by atoms with van der Waals surface area (Å²) >= 11 is 1.38.